The Morgan fingerprint density at radius 2 is 1.79 bits per heavy atom. The third kappa shape index (κ3) is 5.14. The Hall–Kier alpha value is -3.26. The largest absolute Gasteiger partial charge is 0.490 e. The number of hydrogen-bond donors (Lipinski definition) is 1. The van der Waals surface area contributed by atoms with Crippen LogP contribution in [0, 0.1) is 25.2 Å². The van der Waals surface area contributed by atoms with Gasteiger partial charge in [-0.1, -0.05) is 37.3 Å². The molecule has 0 aromatic heterocycles. The summed E-state index contributed by atoms with van der Waals surface area (Å²) in [6.45, 7) is 8.75. The molecular weight excluding hydrogens is 352 g/mol. The summed E-state index contributed by atoms with van der Waals surface area (Å²) < 4.78 is 11.5. The first-order chi connectivity index (χ1) is 13.5. The van der Waals surface area contributed by atoms with Crippen LogP contribution in [0.25, 0.3) is 6.08 Å². The van der Waals surface area contributed by atoms with Gasteiger partial charge in [-0.3, -0.25) is 4.79 Å². The predicted molar refractivity (Wildman–Crippen MR) is 112 cm³/mol. The van der Waals surface area contributed by atoms with Crippen molar-refractivity contribution in [3.63, 3.8) is 0 Å². The molecule has 2 aromatic rings. The SMILES string of the molecule is CCCOc1c(/C=C(\C#N)C(=O)Nc2c(C)cccc2C)cccc1OCC. The van der Waals surface area contributed by atoms with Crippen LogP contribution in [0.5, 0.6) is 11.5 Å². The van der Waals surface area contributed by atoms with Gasteiger partial charge in [0.25, 0.3) is 5.91 Å². The highest BCUT2D eigenvalue weighted by Crippen LogP contribution is 2.33. The van der Waals surface area contributed by atoms with Crippen LogP contribution >= 0.6 is 0 Å². The average Bonchev–Trinajstić information content (AvgIpc) is 2.68. The molecule has 0 aliphatic rings. The fourth-order valence-corrected chi connectivity index (χ4v) is 2.77. The topological polar surface area (TPSA) is 71.3 Å². The van der Waals surface area contributed by atoms with Gasteiger partial charge in [-0.25, -0.2) is 0 Å². The summed E-state index contributed by atoms with van der Waals surface area (Å²) in [4.78, 5) is 12.7. The van der Waals surface area contributed by atoms with E-state index in [4.69, 9.17) is 9.47 Å². The van der Waals surface area contributed by atoms with E-state index in [1.807, 2.05) is 64.1 Å². The van der Waals surface area contributed by atoms with Crippen molar-refractivity contribution in [3.8, 4) is 17.6 Å². The molecule has 0 aliphatic heterocycles. The zero-order chi connectivity index (χ0) is 20.5. The molecule has 146 valence electrons. The van der Waals surface area contributed by atoms with Crippen molar-refractivity contribution in [3.05, 3.63) is 58.7 Å². The lowest BCUT2D eigenvalue weighted by Gasteiger charge is -2.14. The van der Waals surface area contributed by atoms with Crippen molar-refractivity contribution in [2.75, 3.05) is 18.5 Å². The number of nitrogens with one attached hydrogen (secondary N) is 1. The molecule has 0 unspecified atom stereocenters. The van der Waals surface area contributed by atoms with Gasteiger partial charge in [-0.15, -0.1) is 0 Å². The number of anilines is 1. The van der Waals surface area contributed by atoms with Gasteiger partial charge in [0.1, 0.15) is 11.6 Å². The summed E-state index contributed by atoms with van der Waals surface area (Å²) in [6, 6.07) is 13.2. The third-order valence-electron chi connectivity index (χ3n) is 4.14. The van der Waals surface area contributed by atoms with Crippen LogP contribution in [0.4, 0.5) is 5.69 Å². The molecule has 1 amide bonds. The van der Waals surface area contributed by atoms with Crippen molar-refractivity contribution in [1.29, 1.82) is 5.26 Å². The van der Waals surface area contributed by atoms with Gasteiger partial charge < -0.3 is 14.8 Å². The minimum atomic E-state index is -0.455. The minimum Gasteiger partial charge on any atom is -0.490 e. The molecule has 0 atom stereocenters. The molecule has 0 spiro atoms. The maximum atomic E-state index is 12.7. The Morgan fingerprint density at radius 3 is 2.39 bits per heavy atom. The second-order valence-corrected chi connectivity index (χ2v) is 6.35. The normalized spacial score (nSPS) is 10.9. The molecule has 28 heavy (non-hydrogen) atoms. The van der Waals surface area contributed by atoms with Crippen LogP contribution in [0.15, 0.2) is 42.0 Å². The number of carbonyl (C=O) groups excluding carboxylic acids is 1. The molecule has 1 N–H and O–H groups in total. The van der Waals surface area contributed by atoms with Crippen molar-refractivity contribution in [2.24, 2.45) is 0 Å². The Kier molecular flexibility index (Phi) is 7.65. The van der Waals surface area contributed by atoms with E-state index in [0.717, 1.165) is 23.2 Å². The predicted octanol–water partition coefficient (Wildman–Crippen LogP) is 5.04. The van der Waals surface area contributed by atoms with E-state index in [-0.39, 0.29) is 5.57 Å². The maximum absolute atomic E-state index is 12.7. The van der Waals surface area contributed by atoms with Gasteiger partial charge in [0.05, 0.1) is 13.2 Å². The molecule has 0 heterocycles. The number of benzene rings is 2. The van der Waals surface area contributed by atoms with E-state index in [1.165, 1.54) is 6.08 Å². The van der Waals surface area contributed by atoms with Crippen LogP contribution in [0.3, 0.4) is 0 Å². The van der Waals surface area contributed by atoms with Gasteiger partial charge >= 0.3 is 0 Å². The molecule has 0 saturated carbocycles. The Morgan fingerprint density at radius 1 is 1.11 bits per heavy atom. The first kappa shape index (κ1) is 21.0. The molecule has 5 heteroatoms. The first-order valence-electron chi connectivity index (χ1n) is 9.39. The van der Waals surface area contributed by atoms with Crippen LogP contribution in [0.1, 0.15) is 37.0 Å². The van der Waals surface area contributed by atoms with Crippen molar-refractivity contribution >= 4 is 17.7 Å². The van der Waals surface area contributed by atoms with Crippen molar-refractivity contribution < 1.29 is 14.3 Å². The molecule has 5 nitrogen and oxygen atoms in total. The summed E-state index contributed by atoms with van der Waals surface area (Å²) in [5.41, 5.74) is 3.23. The number of para-hydroxylation sites is 2. The monoisotopic (exact) mass is 378 g/mol. The fraction of sp³-hybridized carbons (Fsp3) is 0.304. The van der Waals surface area contributed by atoms with Gasteiger partial charge in [-0.05, 0) is 50.5 Å². The Balaban J connectivity index is 2.39. The lowest BCUT2D eigenvalue weighted by atomic mass is 10.1. The van der Waals surface area contributed by atoms with Crippen molar-refractivity contribution in [1.82, 2.24) is 0 Å². The number of rotatable bonds is 8. The highest BCUT2D eigenvalue weighted by molar-refractivity contribution is 6.10. The molecule has 0 fully saturated rings. The maximum Gasteiger partial charge on any atom is 0.266 e. The summed E-state index contributed by atoms with van der Waals surface area (Å²) in [5, 5.41) is 12.4. The van der Waals surface area contributed by atoms with E-state index in [0.29, 0.717) is 30.3 Å². The highest BCUT2D eigenvalue weighted by Gasteiger charge is 2.15. The molecule has 0 saturated heterocycles. The summed E-state index contributed by atoms with van der Waals surface area (Å²) in [7, 11) is 0. The minimum absolute atomic E-state index is 0.00218. The van der Waals surface area contributed by atoms with Crippen LogP contribution in [0.2, 0.25) is 0 Å². The van der Waals surface area contributed by atoms with Gasteiger partial charge in [0.15, 0.2) is 11.5 Å². The van der Waals surface area contributed by atoms with E-state index < -0.39 is 5.91 Å². The van der Waals surface area contributed by atoms with Gasteiger partial charge in [0.2, 0.25) is 0 Å². The number of hydrogen-bond acceptors (Lipinski definition) is 4. The number of amides is 1. The molecule has 2 aromatic carbocycles. The lowest BCUT2D eigenvalue weighted by molar-refractivity contribution is -0.112. The molecule has 0 aliphatic carbocycles. The van der Waals surface area contributed by atoms with E-state index >= 15 is 0 Å². The molecular formula is C23H26N2O3. The smallest absolute Gasteiger partial charge is 0.266 e. The van der Waals surface area contributed by atoms with Crippen LogP contribution in [-0.2, 0) is 4.79 Å². The second-order valence-electron chi connectivity index (χ2n) is 6.35. The first-order valence-corrected chi connectivity index (χ1v) is 9.39. The second kappa shape index (κ2) is 10.2. The zero-order valence-corrected chi connectivity index (χ0v) is 16.8. The number of aryl methyl sites for hydroxylation is 2. The third-order valence-corrected chi connectivity index (χ3v) is 4.14. The number of nitrogens with zero attached hydrogens (tertiary/aromatic N) is 1. The van der Waals surface area contributed by atoms with Gasteiger partial charge in [-0.2, -0.15) is 5.26 Å². The number of ether oxygens (including phenoxy) is 2. The lowest BCUT2D eigenvalue weighted by Crippen LogP contribution is -2.15. The summed E-state index contributed by atoms with van der Waals surface area (Å²) in [5.74, 6) is 0.680. The molecule has 0 bridgehead atoms. The quantitative estimate of drug-likeness (QED) is 0.516. The average molecular weight is 378 g/mol. The summed E-state index contributed by atoms with van der Waals surface area (Å²) in [6.07, 6.45) is 2.37. The molecule has 2 rings (SSSR count). The fourth-order valence-electron chi connectivity index (χ4n) is 2.77. The van der Waals surface area contributed by atoms with E-state index in [2.05, 4.69) is 5.32 Å². The number of carbonyl (C=O) groups is 1. The van der Waals surface area contributed by atoms with Crippen LogP contribution < -0.4 is 14.8 Å². The number of nitriles is 1. The summed E-state index contributed by atoms with van der Waals surface area (Å²) >= 11 is 0. The van der Waals surface area contributed by atoms with Gasteiger partial charge in [0, 0.05) is 11.3 Å². The Bertz CT molecular complexity index is 890. The zero-order valence-electron chi connectivity index (χ0n) is 16.8. The Labute approximate surface area is 166 Å². The van der Waals surface area contributed by atoms with E-state index in [9.17, 15) is 10.1 Å². The van der Waals surface area contributed by atoms with Crippen LogP contribution in [-0.4, -0.2) is 19.1 Å². The van der Waals surface area contributed by atoms with E-state index in [1.54, 1.807) is 6.07 Å². The molecule has 0 radical (unpaired) electrons. The highest BCUT2D eigenvalue weighted by atomic mass is 16.5. The standard InChI is InChI=1S/C23H26N2O3/c1-5-13-28-22-18(11-8-12-20(22)27-6-2)14-19(15-24)23(26)25-21-16(3)9-7-10-17(21)4/h7-12,14H,5-6,13H2,1-4H3,(H,25,26)/b19-14+. The van der Waals surface area contributed by atoms with Crippen molar-refractivity contribution in [2.45, 2.75) is 34.1 Å².